The van der Waals surface area contributed by atoms with Crippen molar-refractivity contribution in [1.82, 2.24) is 20.4 Å². The van der Waals surface area contributed by atoms with E-state index in [1.54, 1.807) is 0 Å². The van der Waals surface area contributed by atoms with E-state index in [4.69, 9.17) is 4.99 Å². The summed E-state index contributed by atoms with van der Waals surface area (Å²) in [6.45, 7) is 10.9. The summed E-state index contributed by atoms with van der Waals surface area (Å²) in [5, 5.41) is 6.99. The molecule has 6 heteroatoms. The second kappa shape index (κ2) is 12.7. The summed E-state index contributed by atoms with van der Waals surface area (Å²) in [7, 11) is 2.23. The van der Waals surface area contributed by atoms with E-state index in [-0.39, 0.29) is 29.4 Å². The van der Waals surface area contributed by atoms with Crippen LogP contribution in [0.5, 0.6) is 0 Å². The molecule has 0 amide bonds. The molecular formula is C23H40IN5. The Balaban J connectivity index is 0.00000300. The number of hydrogen-bond donors (Lipinski definition) is 2. The molecule has 3 rings (SSSR count). The highest BCUT2D eigenvalue weighted by Gasteiger charge is 2.38. The highest BCUT2D eigenvalue weighted by molar-refractivity contribution is 14.0. The molecule has 0 spiro atoms. The van der Waals surface area contributed by atoms with E-state index in [0.29, 0.717) is 0 Å². The third-order valence-electron chi connectivity index (χ3n) is 6.34. The van der Waals surface area contributed by atoms with Gasteiger partial charge in [0.2, 0.25) is 0 Å². The van der Waals surface area contributed by atoms with Gasteiger partial charge in [-0.2, -0.15) is 0 Å². The Morgan fingerprint density at radius 2 is 1.83 bits per heavy atom. The zero-order valence-electron chi connectivity index (χ0n) is 18.3. The van der Waals surface area contributed by atoms with Gasteiger partial charge in [0.15, 0.2) is 5.96 Å². The maximum Gasteiger partial charge on any atom is 0.191 e. The van der Waals surface area contributed by atoms with Crippen LogP contribution >= 0.6 is 24.0 Å². The number of guanidine groups is 1. The van der Waals surface area contributed by atoms with Gasteiger partial charge in [-0.3, -0.25) is 4.99 Å². The molecule has 1 saturated heterocycles. The maximum atomic E-state index is 4.97. The van der Waals surface area contributed by atoms with Crippen LogP contribution in [0.25, 0.3) is 0 Å². The molecule has 29 heavy (non-hydrogen) atoms. The van der Waals surface area contributed by atoms with Gasteiger partial charge in [0.05, 0.1) is 6.54 Å². The molecule has 1 aliphatic heterocycles. The molecule has 1 aromatic rings. The predicted octanol–water partition coefficient (Wildman–Crippen LogP) is 3.31. The number of likely N-dealkylation sites (N-methyl/N-ethyl adjacent to an activating group) is 1. The molecule has 0 aromatic heterocycles. The van der Waals surface area contributed by atoms with Crippen LogP contribution < -0.4 is 10.6 Å². The second-order valence-electron chi connectivity index (χ2n) is 8.47. The fraction of sp³-hybridized carbons (Fsp3) is 0.696. The van der Waals surface area contributed by atoms with E-state index >= 15 is 0 Å². The normalized spacial score (nSPS) is 20.3. The number of hydrogen-bond acceptors (Lipinski definition) is 3. The number of rotatable bonds is 8. The first-order valence-corrected chi connectivity index (χ1v) is 11.2. The van der Waals surface area contributed by atoms with Gasteiger partial charge in [-0.25, -0.2) is 0 Å². The first-order valence-electron chi connectivity index (χ1n) is 11.2. The van der Waals surface area contributed by atoms with E-state index in [1.807, 2.05) is 0 Å². The largest absolute Gasteiger partial charge is 0.357 e. The average molecular weight is 514 g/mol. The number of aliphatic imine (C=N–C) groups is 1. The molecule has 0 atom stereocenters. The molecule has 0 bridgehead atoms. The Hall–Kier alpha value is -0.860. The molecule has 0 unspecified atom stereocenters. The fourth-order valence-electron chi connectivity index (χ4n) is 4.34. The fourth-order valence-corrected chi connectivity index (χ4v) is 4.34. The number of benzene rings is 1. The van der Waals surface area contributed by atoms with Crippen molar-refractivity contribution in [2.75, 3.05) is 59.4 Å². The quantitative estimate of drug-likeness (QED) is 0.242. The van der Waals surface area contributed by atoms with Crippen LogP contribution in [-0.2, 0) is 5.41 Å². The third kappa shape index (κ3) is 7.40. The first kappa shape index (κ1) is 24.4. The van der Waals surface area contributed by atoms with Crippen LogP contribution in [0.1, 0.15) is 44.6 Å². The van der Waals surface area contributed by atoms with Crippen molar-refractivity contribution in [1.29, 1.82) is 0 Å². The first-order chi connectivity index (χ1) is 13.7. The van der Waals surface area contributed by atoms with Crippen molar-refractivity contribution >= 4 is 29.9 Å². The maximum absolute atomic E-state index is 4.97. The number of nitrogens with zero attached hydrogens (tertiary/aromatic N) is 3. The Morgan fingerprint density at radius 1 is 1.03 bits per heavy atom. The standard InChI is InChI=1S/C23H39N5.HI/c1-3-24-22(25-14-8-16-28-17-9-15-27(2)18-19-28)26-20-23(12-7-13-23)21-10-5-4-6-11-21;/h4-6,10-11H,3,7-9,12-20H2,1-2H3,(H2,24,25,26);1H. The lowest BCUT2D eigenvalue weighted by Gasteiger charge is -2.41. The van der Waals surface area contributed by atoms with Crippen LogP contribution in [-0.4, -0.2) is 75.2 Å². The predicted molar refractivity (Wildman–Crippen MR) is 135 cm³/mol. The number of halogens is 1. The highest BCUT2D eigenvalue weighted by Crippen LogP contribution is 2.43. The van der Waals surface area contributed by atoms with Gasteiger partial charge in [0, 0.05) is 31.6 Å². The molecule has 2 N–H and O–H groups in total. The van der Waals surface area contributed by atoms with Gasteiger partial charge in [-0.1, -0.05) is 36.8 Å². The monoisotopic (exact) mass is 513 g/mol. The average Bonchev–Trinajstić information content (AvgIpc) is 2.89. The highest BCUT2D eigenvalue weighted by atomic mass is 127. The summed E-state index contributed by atoms with van der Waals surface area (Å²) < 4.78 is 0. The van der Waals surface area contributed by atoms with Crippen LogP contribution in [0.4, 0.5) is 0 Å². The van der Waals surface area contributed by atoms with E-state index in [0.717, 1.165) is 32.0 Å². The van der Waals surface area contributed by atoms with Crippen molar-refractivity contribution < 1.29 is 0 Å². The Morgan fingerprint density at radius 3 is 2.52 bits per heavy atom. The smallest absolute Gasteiger partial charge is 0.191 e. The third-order valence-corrected chi connectivity index (χ3v) is 6.34. The van der Waals surface area contributed by atoms with E-state index in [9.17, 15) is 0 Å². The lowest BCUT2D eigenvalue weighted by Crippen LogP contribution is -2.42. The molecule has 5 nitrogen and oxygen atoms in total. The molecule has 2 aliphatic rings. The van der Waals surface area contributed by atoms with Gasteiger partial charge in [0.25, 0.3) is 0 Å². The molecule has 164 valence electrons. The summed E-state index contributed by atoms with van der Waals surface area (Å²) >= 11 is 0. The molecule has 1 heterocycles. The number of nitrogens with one attached hydrogen (secondary N) is 2. The lowest BCUT2D eigenvalue weighted by molar-refractivity contribution is 0.253. The Bertz CT molecular complexity index is 603. The van der Waals surface area contributed by atoms with E-state index in [2.05, 4.69) is 64.7 Å². The Labute approximate surface area is 194 Å². The van der Waals surface area contributed by atoms with Crippen molar-refractivity contribution in [2.45, 2.75) is 44.4 Å². The van der Waals surface area contributed by atoms with Crippen LogP contribution in [0.2, 0.25) is 0 Å². The van der Waals surface area contributed by atoms with Gasteiger partial charge in [-0.05, 0) is 64.9 Å². The minimum absolute atomic E-state index is 0. The summed E-state index contributed by atoms with van der Waals surface area (Å²) in [5.41, 5.74) is 1.70. The van der Waals surface area contributed by atoms with Crippen LogP contribution in [0.3, 0.4) is 0 Å². The lowest BCUT2D eigenvalue weighted by atomic mass is 9.64. The van der Waals surface area contributed by atoms with Crippen LogP contribution in [0.15, 0.2) is 35.3 Å². The van der Waals surface area contributed by atoms with Gasteiger partial charge < -0.3 is 20.4 Å². The molecule has 1 aromatic carbocycles. The molecule has 0 radical (unpaired) electrons. The summed E-state index contributed by atoms with van der Waals surface area (Å²) in [6, 6.07) is 11.0. The Kier molecular flexibility index (Phi) is 10.7. The minimum atomic E-state index is 0. The molecule has 1 saturated carbocycles. The molecule has 1 aliphatic carbocycles. The minimum Gasteiger partial charge on any atom is -0.357 e. The van der Waals surface area contributed by atoms with Crippen LogP contribution in [0, 0.1) is 0 Å². The molecule has 2 fully saturated rings. The van der Waals surface area contributed by atoms with Gasteiger partial charge in [-0.15, -0.1) is 24.0 Å². The van der Waals surface area contributed by atoms with Crippen molar-refractivity contribution in [3.8, 4) is 0 Å². The topological polar surface area (TPSA) is 42.9 Å². The molecular weight excluding hydrogens is 473 g/mol. The summed E-state index contributed by atoms with van der Waals surface area (Å²) in [4.78, 5) is 10.0. The second-order valence-corrected chi connectivity index (χ2v) is 8.47. The zero-order valence-corrected chi connectivity index (χ0v) is 20.7. The van der Waals surface area contributed by atoms with Crippen molar-refractivity contribution in [2.24, 2.45) is 4.99 Å². The van der Waals surface area contributed by atoms with E-state index in [1.165, 1.54) is 64.0 Å². The SMILES string of the molecule is CCNC(=NCC1(c2ccccc2)CCC1)NCCCN1CCCN(C)CC1.I. The van der Waals surface area contributed by atoms with Gasteiger partial charge >= 0.3 is 0 Å². The summed E-state index contributed by atoms with van der Waals surface area (Å²) in [6.07, 6.45) is 6.28. The van der Waals surface area contributed by atoms with Crippen molar-refractivity contribution in [3.63, 3.8) is 0 Å². The zero-order chi connectivity index (χ0) is 19.7. The van der Waals surface area contributed by atoms with Gasteiger partial charge in [0.1, 0.15) is 0 Å². The van der Waals surface area contributed by atoms with E-state index < -0.39 is 0 Å². The summed E-state index contributed by atoms with van der Waals surface area (Å²) in [5.74, 6) is 0.973. The van der Waals surface area contributed by atoms with Crippen molar-refractivity contribution in [3.05, 3.63) is 35.9 Å².